The van der Waals surface area contributed by atoms with Crippen LogP contribution >= 0.6 is 15.9 Å². The number of carbonyl (C=O) groups is 1. The maximum atomic E-state index is 11.8. The lowest BCUT2D eigenvalue weighted by Crippen LogP contribution is -2.17. The molecule has 0 saturated heterocycles. The Kier molecular flexibility index (Phi) is 5.06. The van der Waals surface area contributed by atoms with Gasteiger partial charge in [-0.25, -0.2) is 4.79 Å². The zero-order valence-corrected chi connectivity index (χ0v) is 12.2. The predicted octanol–water partition coefficient (Wildman–Crippen LogP) is 2.82. The lowest BCUT2D eigenvalue weighted by molar-refractivity contribution is -0.116. The van der Waals surface area contributed by atoms with Crippen molar-refractivity contribution in [1.82, 2.24) is 4.98 Å². The lowest BCUT2D eigenvalue weighted by Gasteiger charge is -2.04. The van der Waals surface area contributed by atoms with Crippen molar-refractivity contribution in [1.29, 1.82) is 0 Å². The van der Waals surface area contributed by atoms with Crippen molar-refractivity contribution in [2.75, 3.05) is 10.6 Å². The number of nitrogens with zero attached hydrogens (tertiary/aromatic N) is 1. The third-order valence-electron chi connectivity index (χ3n) is 2.58. The van der Waals surface area contributed by atoms with Gasteiger partial charge in [-0.05, 0) is 30.7 Å². The zero-order valence-electron chi connectivity index (χ0n) is 10.6. The van der Waals surface area contributed by atoms with Crippen molar-refractivity contribution in [2.24, 2.45) is 0 Å². The van der Waals surface area contributed by atoms with Gasteiger partial charge in [-0.3, -0.25) is 9.78 Å². The first kappa shape index (κ1) is 14.5. The van der Waals surface area contributed by atoms with E-state index in [2.05, 4.69) is 26.2 Å². The van der Waals surface area contributed by atoms with Crippen molar-refractivity contribution >= 4 is 27.5 Å². The highest BCUT2D eigenvalue weighted by molar-refractivity contribution is 9.09. The van der Waals surface area contributed by atoms with Gasteiger partial charge >= 0.3 is 5.63 Å². The summed E-state index contributed by atoms with van der Waals surface area (Å²) in [5.41, 5.74) is 0.289. The molecule has 0 bridgehead atoms. The van der Waals surface area contributed by atoms with E-state index in [9.17, 15) is 9.59 Å². The molecule has 1 amide bonds. The molecule has 0 saturated carbocycles. The average Bonchev–Trinajstić information content (AvgIpc) is 2.48. The summed E-state index contributed by atoms with van der Waals surface area (Å²) in [5, 5.41) is 3.29. The number of alkyl halides is 1. The van der Waals surface area contributed by atoms with Gasteiger partial charge < -0.3 is 9.73 Å². The van der Waals surface area contributed by atoms with E-state index < -0.39 is 5.63 Å². The number of nitrogens with one attached hydrogen (secondary N) is 1. The second kappa shape index (κ2) is 7.00. The van der Waals surface area contributed by atoms with Crippen LogP contribution in [0.15, 0.2) is 45.9 Å². The van der Waals surface area contributed by atoms with Crippen LogP contribution in [0.1, 0.15) is 12.8 Å². The third kappa shape index (κ3) is 3.77. The van der Waals surface area contributed by atoms with Crippen LogP contribution in [0.4, 0.5) is 5.69 Å². The van der Waals surface area contributed by atoms with Gasteiger partial charge in [0.05, 0.1) is 0 Å². The Morgan fingerprint density at radius 1 is 1.35 bits per heavy atom. The normalized spacial score (nSPS) is 10.2. The van der Waals surface area contributed by atoms with Crippen LogP contribution in [0, 0.1) is 0 Å². The number of aromatic nitrogens is 1. The molecule has 20 heavy (non-hydrogen) atoms. The molecular weight excluding hydrogens is 324 g/mol. The molecule has 5 nitrogen and oxygen atoms in total. The smallest absolute Gasteiger partial charge is 0.360 e. The SMILES string of the molecule is O=C(CCCBr)Nc1ccc(-c2cccnc2)oc1=O. The van der Waals surface area contributed by atoms with Gasteiger partial charge in [0.2, 0.25) is 5.91 Å². The van der Waals surface area contributed by atoms with E-state index in [-0.39, 0.29) is 11.6 Å². The minimum Gasteiger partial charge on any atom is -0.421 e. The molecule has 2 heterocycles. The number of halogens is 1. The molecule has 0 unspecified atom stereocenters. The molecule has 104 valence electrons. The van der Waals surface area contributed by atoms with Crippen molar-refractivity contribution in [3.63, 3.8) is 0 Å². The third-order valence-corrected chi connectivity index (χ3v) is 3.14. The van der Waals surface area contributed by atoms with Crippen LogP contribution in [0.5, 0.6) is 0 Å². The van der Waals surface area contributed by atoms with E-state index in [0.29, 0.717) is 24.2 Å². The van der Waals surface area contributed by atoms with Gasteiger partial charge in [-0.2, -0.15) is 0 Å². The minimum atomic E-state index is -0.571. The molecule has 0 aliphatic heterocycles. The maximum absolute atomic E-state index is 11.8. The van der Waals surface area contributed by atoms with Crippen LogP contribution in [0.2, 0.25) is 0 Å². The molecule has 0 radical (unpaired) electrons. The molecule has 0 aliphatic carbocycles. The summed E-state index contributed by atoms with van der Waals surface area (Å²) in [4.78, 5) is 27.3. The summed E-state index contributed by atoms with van der Waals surface area (Å²) in [6, 6.07) is 6.73. The van der Waals surface area contributed by atoms with E-state index in [1.165, 1.54) is 0 Å². The van der Waals surface area contributed by atoms with E-state index in [1.54, 1.807) is 36.7 Å². The summed E-state index contributed by atoms with van der Waals surface area (Å²) in [6.45, 7) is 0. The number of pyridine rings is 1. The first-order chi connectivity index (χ1) is 9.70. The van der Waals surface area contributed by atoms with Gasteiger partial charge in [0.15, 0.2) is 0 Å². The lowest BCUT2D eigenvalue weighted by atomic mass is 10.2. The number of anilines is 1. The zero-order chi connectivity index (χ0) is 14.4. The largest absolute Gasteiger partial charge is 0.421 e. The molecule has 0 spiro atoms. The molecule has 2 aromatic rings. The van der Waals surface area contributed by atoms with Crippen LogP contribution in [0.25, 0.3) is 11.3 Å². The first-order valence-corrected chi connectivity index (χ1v) is 7.23. The van der Waals surface area contributed by atoms with E-state index >= 15 is 0 Å². The summed E-state index contributed by atoms with van der Waals surface area (Å²) in [7, 11) is 0. The van der Waals surface area contributed by atoms with Crippen molar-refractivity contribution in [2.45, 2.75) is 12.8 Å². The Morgan fingerprint density at radius 3 is 2.85 bits per heavy atom. The Balaban J connectivity index is 2.15. The summed E-state index contributed by atoms with van der Waals surface area (Å²) >= 11 is 3.25. The van der Waals surface area contributed by atoms with Gasteiger partial charge in [0, 0.05) is 29.7 Å². The second-order valence-corrected chi connectivity index (χ2v) is 4.88. The highest BCUT2D eigenvalue weighted by Crippen LogP contribution is 2.17. The molecule has 0 fully saturated rings. The second-order valence-electron chi connectivity index (χ2n) is 4.08. The first-order valence-electron chi connectivity index (χ1n) is 6.11. The molecule has 1 N–H and O–H groups in total. The number of hydrogen-bond acceptors (Lipinski definition) is 4. The quantitative estimate of drug-likeness (QED) is 0.852. The number of hydrogen-bond donors (Lipinski definition) is 1. The standard InChI is InChI=1S/C14H13BrN2O3/c15-7-1-4-13(18)17-11-5-6-12(20-14(11)19)10-3-2-8-16-9-10/h2-3,5-6,8-9H,1,4,7H2,(H,17,18). The number of carbonyl (C=O) groups excluding carboxylic acids is 1. The van der Waals surface area contributed by atoms with Crippen molar-refractivity contribution in [3.05, 3.63) is 47.1 Å². The van der Waals surface area contributed by atoms with Crippen LogP contribution in [-0.4, -0.2) is 16.2 Å². The average molecular weight is 337 g/mol. The highest BCUT2D eigenvalue weighted by Gasteiger charge is 2.08. The fourth-order valence-corrected chi connectivity index (χ4v) is 1.89. The number of amides is 1. The summed E-state index contributed by atoms with van der Waals surface area (Å²) in [6.07, 6.45) is 4.31. The Hall–Kier alpha value is -1.95. The predicted molar refractivity (Wildman–Crippen MR) is 79.9 cm³/mol. The molecule has 2 rings (SSSR count). The van der Waals surface area contributed by atoms with Crippen molar-refractivity contribution in [3.8, 4) is 11.3 Å². The molecule has 0 atom stereocenters. The molecule has 2 aromatic heterocycles. The van der Waals surface area contributed by atoms with Gasteiger partial charge in [0.1, 0.15) is 11.4 Å². The fraction of sp³-hybridized carbons (Fsp3) is 0.214. The van der Waals surface area contributed by atoms with Crippen LogP contribution < -0.4 is 10.9 Å². The number of rotatable bonds is 5. The van der Waals surface area contributed by atoms with Crippen molar-refractivity contribution < 1.29 is 9.21 Å². The van der Waals surface area contributed by atoms with E-state index in [4.69, 9.17) is 4.42 Å². The topological polar surface area (TPSA) is 72.2 Å². The van der Waals surface area contributed by atoms with Gasteiger partial charge in [-0.1, -0.05) is 15.9 Å². The fourth-order valence-electron chi connectivity index (χ4n) is 1.61. The molecule has 0 aromatic carbocycles. The monoisotopic (exact) mass is 336 g/mol. The van der Waals surface area contributed by atoms with Gasteiger partial charge in [-0.15, -0.1) is 0 Å². The van der Waals surface area contributed by atoms with E-state index in [1.807, 2.05) is 0 Å². The van der Waals surface area contributed by atoms with E-state index in [0.717, 1.165) is 5.33 Å². The van der Waals surface area contributed by atoms with Gasteiger partial charge in [0.25, 0.3) is 0 Å². The summed E-state index contributed by atoms with van der Waals surface area (Å²) in [5.74, 6) is 0.215. The Morgan fingerprint density at radius 2 is 2.20 bits per heavy atom. The molecule has 6 heteroatoms. The maximum Gasteiger partial charge on any atom is 0.360 e. The van der Waals surface area contributed by atoms with Crippen LogP contribution in [0.3, 0.4) is 0 Å². The molecular formula is C14H13BrN2O3. The Labute approximate surface area is 124 Å². The highest BCUT2D eigenvalue weighted by atomic mass is 79.9. The van der Waals surface area contributed by atoms with Crippen LogP contribution in [-0.2, 0) is 4.79 Å². The summed E-state index contributed by atoms with van der Waals surface area (Å²) < 4.78 is 5.18. The molecule has 0 aliphatic rings. The minimum absolute atomic E-state index is 0.150. The Bertz CT molecular complexity index is 640.